The highest BCUT2D eigenvalue weighted by Crippen LogP contribution is 2.18. The van der Waals surface area contributed by atoms with Gasteiger partial charge in [0.05, 0.1) is 12.5 Å². The summed E-state index contributed by atoms with van der Waals surface area (Å²) in [5, 5.41) is 4.14. The van der Waals surface area contributed by atoms with Crippen molar-refractivity contribution in [2.24, 2.45) is 10.9 Å². The summed E-state index contributed by atoms with van der Waals surface area (Å²) in [4.78, 5) is 18.5. The summed E-state index contributed by atoms with van der Waals surface area (Å²) in [6.45, 7) is 4.64. The predicted octanol–water partition coefficient (Wildman–Crippen LogP) is 3.35. The molecular formula is C18H27ClIN3O2. The van der Waals surface area contributed by atoms with Crippen molar-refractivity contribution < 1.29 is 9.53 Å². The quantitative estimate of drug-likeness (QED) is 0.305. The minimum atomic E-state index is -0.0983. The van der Waals surface area contributed by atoms with Crippen molar-refractivity contribution in [2.75, 3.05) is 33.3 Å². The smallest absolute Gasteiger partial charge is 0.310 e. The normalized spacial score (nSPS) is 17.6. The van der Waals surface area contributed by atoms with E-state index in [1.54, 1.807) is 7.05 Å². The molecule has 0 amide bonds. The fourth-order valence-electron chi connectivity index (χ4n) is 2.92. The summed E-state index contributed by atoms with van der Waals surface area (Å²) < 4.78 is 5.16. The van der Waals surface area contributed by atoms with Crippen molar-refractivity contribution in [3.05, 3.63) is 34.9 Å². The zero-order valence-corrected chi connectivity index (χ0v) is 17.9. The number of hydrogen-bond donors (Lipinski definition) is 1. The van der Waals surface area contributed by atoms with Crippen LogP contribution >= 0.6 is 35.6 Å². The summed E-state index contributed by atoms with van der Waals surface area (Å²) in [5.41, 5.74) is 1.23. The van der Waals surface area contributed by atoms with E-state index in [2.05, 4.69) is 15.2 Å². The summed E-state index contributed by atoms with van der Waals surface area (Å²) >= 11 is 5.90. The van der Waals surface area contributed by atoms with E-state index < -0.39 is 0 Å². The lowest BCUT2D eigenvalue weighted by atomic mass is 9.98. The minimum absolute atomic E-state index is 0. The standard InChI is InChI=1S/C18H26ClN3O2.HI/c1-3-24-17(23)15-5-4-12-22(13-15)18(20-2)21-11-10-14-6-8-16(19)9-7-14;/h6-9,15H,3-5,10-13H2,1-2H3,(H,20,21);1H. The van der Waals surface area contributed by atoms with Gasteiger partial charge in [0.1, 0.15) is 0 Å². The zero-order valence-electron chi connectivity index (χ0n) is 14.8. The van der Waals surface area contributed by atoms with E-state index in [-0.39, 0.29) is 35.9 Å². The van der Waals surface area contributed by atoms with Crippen LogP contribution < -0.4 is 5.32 Å². The fourth-order valence-corrected chi connectivity index (χ4v) is 3.05. The first-order valence-corrected chi connectivity index (χ1v) is 8.88. The molecule has 0 bridgehead atoms. The number of rotatable bonds is 5. The van der Waals surface area contributed by atoms with Gasteiger partial charge < -0.3 is 15.0 Å². The Kier molecular flexibility index (Phi) is 10.2. The van der Waals surface area contributed by atoms with Gasteiger partial charge in [0.2, 0.25) is 0 Å². The SMILES string of the molecule is CCOC(=O)C1CCCN(C(=NC)NCCc2ccc(Cl)cc2)C1.I. The molecule has 1 unspecified atom stereocenters. The second kappa shape index (κ2) is 11.6. The Morgan fingerprint density at radius 3 is 2.76 bits per heavy atom. The highest BCUT2D eigenvalue weighted by molar-refractivity contribution is 14.0. The molecule has 0 aliphatic carbocycles. The molecule has 5 nitrogen and oxygen atoms in total. The number of hydrogen-bond acceptors (Lipinski definition) is 3. The third kappa shape index (κ3) is 7.01. The highest BCUT2D eigenvalue weighted by atomic mass is 127. The monoisotopic (exact) mass is 479 g/mol. The van der Waals surface area contributed by atoms with Crippen molar-refractivity contribution in [1.29, 1.82) is 0 Å². The summed E-state index contributed by atoms with van der Waals surface area (Å²) in [6.07, 6.45) is 2.75. The maximum absolute atomic E-state index is 12.0. The number of piperidine rings is 1. The van der Waals surface area contributed by atoms with Crippen LogP contribution in [0.1, 0.15) is 25.3 Å². The number of aliphatic imine (C=N–C) groups is 1. The lowest BCUT2D eigenvalue weighted by Gasteiger charge is -2.34. The number of nitrogens with one attached hydrogen (secondary N) is 1. The Labute approximate surface area is 172 Å². The summed E-state index contributed by atoms with van der Waals surface area (Å²) in [6, 6.07) is 7.87. The molecule has 0 radical (unpaired) electrons. The van der Waals surface area contributed by atoms with Crippen LogP contribution in [0.3, 0.4) is 0 Å². The molecule has 7 heteroatoms. The number of likely N-dealkylation sites (tertiary alicyclic amines) is 1. The second-order valence-electron chi connectivity index (χ2n) is 5.89. The van der Waals surface area contributed by atoms with E-state index in [0.717, 1.165) is 43.3 Å². The first kappa shape index (κ1) is 22.0. The van der Waals surface area contributed by atoms with Gasteiger partial charge in [0.15, 0.2) is 5.96 Å². The molecule has 0 saturated carbocycles. The van der Waals surface area contributed by atoms with Gasteiger partial charge in [-0.05, 0) is 43.9 Å². The van der Waals surface area contributed by atoms with Gasteiger partial charge in [-0.2, -0.15) is 0 Å². The van der Waals surface area contributed by atoms with Gasteiger partial charge in [-0.15, -0.1) is 24.0 Å². The van der Waals surface area contributed by atoms with Crippen LogP contribution in [-0.4, -0.2) is 50.1 Å². The largest absolute Gasteiger partial charge is 0.466 e. The number of esters is 1. The van der Waals surface area contributed by atoms with Crippen molar-refractivity contribution >= 4 is 47.5 Å². The molecule has 0 aromatic heterocycles. The molecule has 1 aliphatic rings. The van der Waals surface area contributed by atoms with Crippen LogP contribution in [0.15, 0.2) is 29.3 Å². The van der Waals surface area contributed by atoms with Crippen molar-refractivity contribution in [1.82, 2.24) is 10.2 Å². The molecule has 2 rings (SSSR count). The van der Waals surface area contributed by atoms with Gasteiger partial charge in [-0.1, -0.05) is 23.7 Å². The van der Waals surface area contributed by atoms with Crippen molar-refractivity contribution in [3.63, 3.8) is 0 Å². The topological polar surface area (TPSA) is 53.9 Å². The molecule has 1 N–H and O–H groups in total. The predicted molar refractivity (Wildman–Crippen MR) is 113 cm³/mol. The van der Waals surface area contributed by atoms with Gasteiger partial charge in [-0.25, -0.2) is 0 Å². The fraction of sp³-hybridized carbons (Fsp3) is 0.556. The lowest BCUT2D eigenvalue weighted by molar-refractivity contribution is -0.149. The van der Waals surface area contributed by atoms with Crippen LogP contribution in [0.5, 0.6) is 0 Å². The van der Waals surface area contributed by atoms with E-state index in [1.165, 1.54) is 5.56 Å². The number of halogens is 2. The van der Waals surface area contributed by atoms with Crippen molar-refractivity contribution in [2.45, 2.75) is 26.2 Å². The Hall–Kier alpha value is -1.02. The zero-order chi connectivity index (χ0) is 17.4. The molecule has 1 aromatic rings. The molecule has 140 valence electrons. The van der Waals surface area contributed by atoms with E-state index in [1.807, 2.05) is 31.2 Å². The molecule has 1 aromatic carbocycles. The van der Waals surface area contributed by atoms with Crippen LogP contribution in [0.4, 0.5) is 0 Å². The third-order valence-corrected chi connectivity index (χ3v) is 4.41. The minimum Gasteiger partial charge on any atom is -0.466 e. The molecule has 1 saturated heterocycles. The van der Waals surface area contributed by atoms with E-state index in [4.69, 9.17) is 16.3 Å². The Bertz CT molecular complexity index is 566. The number of nitrogens with zero attached hydrogens (tertiary/aromatic N) is 2. The van der Waals surface area contributed by atoms with E-state index in [0.29, 0.717) is 13.2 Å². The number of carbonyl (C=O) groups is 1. The lowest BCUT2D eigenvalue weighted by Crippen LogP contribution is -2.48. The van der Waals surface area contributed by atoms with E-state index in [9.17, 15) is 4.79 Å². The van der Waals surface area contributed by atoms with Crippen LogP contribution in [0, 0.1) is 5.92 Å². The Morgan fingerprint density at radius 2 is 2.12 bits per heavy atom. The Balaban J connectivity index is 0.00000312. The first-order chi connectivity index (χ1) is 11.6. The Morgan fingerprint density at radius 1 is 1.40 bits per heavy atom. The molecule has 1 aliphatic heterocycles. The maximum atomic E-state index is 12.0. The van der Waals surface area contributed by atoms with Crippen LogP contribution in [0.2, 0.25) is 5.02 Å². The molecule has 1 heterocycles. The first-order valence-electron chi connectivity index (χ1n) is 8.50. The van der Waals surface area contributed by atoms with Gasteiger partial charge in [-0.3, -0.25) is 9.79 Å². The molecule has 0 spiro atoms. The molecule has 1 fully saturated rings. The van der Waals surface area contributed by atoms with Crippen molar-refractivity contribution in [3.8, 4) is 0 Å². The average molecular weight is 480 g/mol. The summed E-state index contributed by atoms with van der Waals surface area (Å²) in [7, 11) is 1.78. The highest BCUT2D eigenvalue weighted by Gasteiger charge is 2.28. The summed E-state index contributed by atoms with van der Waals surface area (Å²) in [5.74, 6) is 0.685. The number of benzene rings is 1. The molecule has 25 heavy (non-hydrogen) atoms. The van der Waals surface area contributed by atoms with Gasteiger partial charge in [0, 0.05) is 31.7 Å². The van der Waals surface area contributed by atoms with Crippen LogP contribution in [-0.2, 0) is 16.0 Å². The van der Waals surface area contributed by atoms with Gasteiger partial charge in [0.25, 0.3) is 0 Å². The van der Waals surface area contributed by atoms with E-state index >= 15 is 0 Å². The second-order valence-corrected chi connectivity index (χ2v) is 6.32. The average Bonchev–Trinajstić information content (AvgIpc) is 2.60. The third-order valence-electron chi connectivity index (χ3n) is 4.16. The van der Waals surface area contributed by atoms with Gasteiger partial charge >= 0.3 is 5.97 Å². The number of guanidine groups is 1. The molecule has 1 atom stereocenters. The maximum Gasteiger partial charge on any atom is 0.310 e. The number of carbonyl (C=O) groups excluding carboxylic acids is 1. The number of ether oxygens (including phenoxy) is 1. The molecular weight excluding hydrogens is 453 g/mol. The van der Waals surface area contributed by atoms with Crippen LogP contribution in [0.25, 0.3) is 0 Å².